The summed E-state index contributed by atoms with van der Waals surface area (Å²) in [5, 5.41) is 2.86. The van der Waals surface area contributed by atoms with Gasteiger partial charge in [0.25, 0.3) is 0 Å². The van der Waals surface area contributed by atoms with E-state index in [9.17, 15) is 9.59 Å². The Labute approximate surface area is 136 Å². The van der Waals surface area contributed by atoms with Gasteiger partial charge in [-0.2, -0.15) is 0 Å². The maximum atomic E-state index is 12.7. The summed E-state index contributed by atoms with van der Waals surface area (Å²) in [5.74, 6) is -1.15. The highest BCUT2D eigenvalue weighted by molar-refractivity contribution is 6.08. The molecule has 1 aliphatic heterocycles. The summed E-state index contributed by atoms with van der Waals surface area (Å²) in [6.07, 6.45) is 0. The average Bonchev–Trinajstić information content (AvgIpc) is 2.84. The molecule has 2 atom stereocenters. The molecule has 2 amide bonds. The second kappa shape index (κ2) is 6.24. The van der Waals surface area contributed by atoms with Crippen molar-refractivity contribution in [3.63, 3.8) is 0 Å². The molecule has 1 heterocycles. The fourth-order valence-electron chi connectivity index (χ4n) is 3.05. The Hall–Kier alpha value is -2.62. The number of para-hydroxylation sites is 1. The maximum Gasteiger partial charge on any atom is 0.237 e. The summed E-state index contributed by atoms with van der Waals surface area (Å²) < 4.78 is 0. The first-order valence-electron chi connectivity index (χ1n) is 7.73. The fraction of sp³-hybridized carbons (Fsp3) is 0.263. The van der Waals surface area contributed by atoms with Gasteiger partial charge in [0.2, 0.25) is 11.8 Å². The normalized spacial score (nSPS) is 20.6. The van der Waals surface area contributed by atoms with Crippen LogP contribution in [-0.2, 0) is 9.59 Å². The third kappa shape index (κ3) is 3.11. The van der Waals surface area contributed by atoms with Crippen LogP contribution in [0.4, 0.5) is 5.69 Å². The topological polar surface area (TPSA) is 49.4 Å². The molecule has 0 bridgehead atoms. The van der Waals surface area contributed by atoms with Crippen LogP contribution in [0.25, 0.3) is 0 Å². The number of anilines is 1. The molecule has 23 heavy (non-hydrogen) atoms. The molecule has 2 aromatic carbocycles. The third-order valence-electron chi connectivity index (χ3n) is 4.34. The smallest absolute Gasteiger partial charge is 0.237 e. The van der Waals surface area contributed by atoms with Crippen molar-refractivity contribution < 1.29 is 9.59 Å². The standard InChI is InChI=1S/C19H20N2O2/c1-13-8-10-14(11-9-13)16-12-21(2)19(23)17(16)18(22)20-15-6-4-3-5-7-15/h3-11,16-17H,12H2,1-2H3,(H,20,22)/t16-,17+/m1/s1. The van der Waals surface area contributed by atoms with Gasteiger partial charge in [0, 0.05) is 25.2 Å². The summed E-state index contributed by atoms with van der Waals surface area (Å²) in [7, 11) is 1.75. The zero-order valence-corrected chi connectivity index (χ0v) is 13.3. The minimum Gasteiger partial charge on any atom is -0.344 e. The van der Waals surface area contributed by atoms with Crippen molar-refractivity contribution >= 4 is 17.5 Å². The molecule has 4 nitrogen and oxygen atoms in total. The van der Waals surface area contributed by atoms with E-state index in [4.69, 9.17) is 0 Å². The Kier molecular flexibility index (Phi) is 4.15. The van der Waals surface area contributed by atoms with Crippen molar-refractivity contribution in [3.05, 3.63) is 65.7 Å². The summed E-state index contributed by atoms with van der Waals surface area (Å²) in [6, 6.07) is 17.3. The number of carbonyl (C=O) groups is 2. The number of carbonyl (C=O) groups excluding carboxylic acids is 2. The number of amides is 2. The summed E-state index contributed by atoms with van der Waals surface area (Å²) in [5.41, 5.74) is 2.90. The van der Waals surface area contributed by atoms with E-state index < -0.39 is 5.92 Å². The molecule has 0 radical (unpaired) electrons. The van der Waals surface area contributed by atoms with Gasteiger partial charge in [-0.15, -0.1) is 0 Å². The zero-order chi connectivity index (χ0) is 16.4. The molecule has 2 aromatic rings. The van der Waals surface area contributed by atoms with Gasteiger partial charge in [-0.3, -0.25) is 9.59 Å². The Morgan fingerprint density at radius 1 is 1.09 bits per heavy atom. The van der Waals surface area contributed by atoms with Gasteiger partial charge in [0.1, 0.15) is 5.92 Å². The van der Waals surface area contributed by atoms with E-state index in [0.717, 1.165) is 11.1 Å². The Morgan fingerprint density at radius 3 is 2.39 bits per heavy atom. The SMILES string of the molecule is Cc1ccc([C@H]2CN(C)C(=O)[C@@H]2C(=O)Nc2ccccc2)cc1. The number of nitrogens with one attached hydrogen (secondary N) is 1. The Balaban J connectivity index is 1.86. The maximum absolute atomic E-state index is 12.7. The molecule has 0 aliphatic carbocycles. The monoisotopic (exact) mass is 308 g/mol. The molecule has 4 heteroatoms. The van der Waals surface area contributed by atoms with Gasteiger partial charge < -0.3 is 10.2 Å². The Morgan fingerprint density at radius 2 is 1.74 bits per heavy atom. The van der Waals surface area contributed by atoms with Gasteiger partial charge in [-0.25, -0.2) is 0 Å². The second-order valence-electron chi connectivity index (χ2n) is 6.07. The summed E-state index contributed by atoms with van der Waals surface area (Å²) >= 11 is 0. The fourth-order valence-corrected chi connectivity index (χ4v) is 3.05. The van der Waals surface area contributed by atoms with Crippen molar-refractivity contribution in [3.8, 4) is 0 Å². The van der Waals surface area contributed by atoms with E-state index in [1.165, 1.54) is 0 Å². The molecule has 1 aliphatic rings. The van der Waals surface area contributed by atoms with Crippen LogP contribution in [0.2, 0.25) is 0 Å². The molecule has 118 valence electrons. The number of hydrogen-bond donors (Lipinski definition) is 1. The average molecular weight is 308 g/mol. The van der Waals surface area contributed by atoms with Crippen LogP contribution in [0.3, 0.4) is 0 Å². The molecule has 0 saturated carbocycles. The van der Waals surface area contributed by atoms with E-state index in [-0.39, 0.29) is 17.7 Å². The van der Waals surface area contributed by atoms with Crippen LogP contribution >= 0.6 is 0 Å². The van der Waals surface area contributed by atoms with E-state index in [0.29, 0.717) is 12.2 Å². The lowest BCUT2D eigenvalue weighted by molar-refractivity contribution is -0.135. The number of likely N-dealkylation sites (N-methyl/N-ethyl adjacent to an activating group) is 1. The minimum atomic E-state index is -0.678. The minimum absolute atomic E-state index is 0.114. The van der Waals surface area contributed by atoms with E-state index in [1.807, 2.05) is 61.5 Å². The number of rotatable bonds is 3. The van der Waals surface area contributed by atoms with Crippen LogP contribution in [-0.4, -0.2) is 30.3 Å². The van der Waals surface area contributed by atoms with Crippen molar-refractivity contribution in [1.82, 2.24) is 4.90 Å². The van der Waals surface area contributed by atoms with Gasteiger partial charge in [0.15, 0.2) is 0 Å². The van der Waals surface area contributed by atoms with E-state index in [1.54, 1.807) is 11.9 Å². The molecule has 1 N–H and O–H groups in total. The molecule has 1 saturated heterocycles. The van der Waals surface area contributed by atoms with E-state index >= 15 is 0 Å². The highest BCUT2D eigenvalue weighted by Gasteiger charge is 2.44. The number of hydrogen-bond acceptors (Lipinski definition) is 2. The molecule has 1 fully saturated rings. The summed E-state index contributed by atoms with van der Waals surface area (Å²) in [4.78, 5) is 26.8. The lowest BCUT2D eigenvalue weighted by Gasteiger charge is -2.17. The first kappa shape index (κ1) is 15.3. The number of nitrogens with zero attached hydrogens (tertiary/aromatic N) is 1. The quantitative estimate of drug-likeness (QED) is 0.886. The molecular weight excluding hydrogens is 288 g/mol. The summed E-state index contributed by atoms with van der Waals surface area (Å²) in [6.45, 7) is 2.59. The molecule has 3 rings (SSSR count). The van der Waals surface area contributed by atoms with Crippen molar-refractivity contribution in [2.24, 2.45) is 5.92 Å². The first-order valence-corrected chi connectivity index (χ1v) is 7.73. The lowest BCUT2D eigenvalue weighted by atomic mass is 9.87. The van der Waals surface area contributed by atoms with Crippen LogP contribution in [0.1, 0.15) is 17.0 Å². The lowest BCUT2D eigenvalue weighted by Crippen LogP contribution is -2.32. The van der Waals surface area contributed by atoms with Crippen molar-refractivity contribution in [1.29, 1.82) is 0 Å². The van der Waals surface area contributed by atoms with Gasteiger partial charge >= 0.3 is 0 Å². The van der Waals surface area contributed by atoms with Crippen LogP contribution < -0.4 is 5.32 Å². The first-order chi connectivity index (χ1) is 11.1. The second-order valence-corrected chi connectivity index (χ2v) is 6.07. The largest absolute Gasteiger partial charge is 0.344 e. The number of benzene rings is 2. The number of likely N-dealkylation sites (tertiary alicyclic amines) is 1. The Bertz CT molecular complexity index is 710. The van der Waals surface area contributed by atoms with Crippen molar-refractivity contribution in [2.75, 3.05) is 18.9 Å². The zero-order valence-electron chi connectivity index (χ0n) is 13.3. The molecule has 0 unspecified atom stereocenters. The predicted molar refractivity (Wildman–Crippen MR) is 90.1 cm³/mol. The molecule has 0 aromatic heterocycles. The third-order valence-corrected chi connectivity index (χ3v) is 4.34. The van der Waals surface area contributed by atoms with Crippen LogP contribution in [0.15, 0.2) is 54.6 Å². The highest BCUT2D eigenvalue weighted by atomic mass is 16.2. The highest BCUT2D eigenvalue weighted by Crippen LogP contribution is 2.34. The van der Waals surface area contributed by atoms with E-state index in [2.05, 4.69) is 5.32 Å². The predicted octanol–water partition coefficient (Wildman–Crippen LogP) is 2.81. The number of aryl methyl sites for hydroxylation is 1. The van der Waals surface area contributed by atoms with Gasteiger partial charge in [-0.1, -0.05) is 48.0 Å². The van der Waals surface area contributed by atoms with Crippen LogP contribution in [0, 0.1) is 12.8 Å². The van der Waals surface area contributed by atoms with Gasteiger partial charge in [0.05, 0.1) is 0 Å². The molecular formula is C19H20N2O2. The van der Waals surface area contributed by atoms with Crippen molar-refractivity contribution in [2.45, 2.75) is 12.8 Å². The van der Waals surface area contributed by atoms with Gasteiger partial charge in [-0.05, 0) is 24.6 Å². The molecule has 0 spiro atoms. The van der Waals surface area contributed by atoms with Crippen LogP contribution in [0.5, 0.6) is 0 Å².